The largest absolute Gasteiger partial charge is 0.355 e. The van der Waals surface area contributed by atoms with E-state index in [4.69, 9.17) is 0 Å². The average molecular weight is 610 g/mol. The highest BCUT2D eigenvalue weighted by atomic mass is 32.1. The van der Waals surface area contributed by atoms with Gasteiger partial charge >= 0.3 is 0 Å². The first-order chi connectivity index (χ1) is 22.3. The smallest absolute Gasteiger partial charge is 0.179 e. The third-order valence-electron chi connectivity index (χ3n) is 8.82. The maximum absolute atomic E-state index is 3.61. The Morgan fingerprint density at radius 3 is 1.38 bits per heavy atom. The lowest BCUT2D eigenvalue weighted by molar-refractivity contribution is 1.56. The van der Waals surface area contributed by atoms with Gasteiger partial charge in [-0.05, 0) is 62.2 Å². The highest BCUT2D eigenvalue weighted by molar-refractivity contribution is 7.25. The topological polar surface area (TPSA) is 12.0 Å². The molecule has 1 nitrogen and oxygen atoms in total. The lowest BCUT2D eigenvalue weighted by Crippen LogP contribution is -2.74. The molecule has 3 heteroatoms. The van der Waals surface area contributed by atoms with Crippen LogP contribution >= 0.6 is 11.3 Å². The van der Waals surface area contributed by atoms with E-state index in [0.29, 0.717) is 0 Å². The van der Waals surface area contributed by atoms with Crippen LogP contribution in [0.2, 0.25) is 0 Å². The van der Waals surface area contributed by atoms with Crippen LogP contribution in [0.15, 0.2) is 182 Å². The Bertz CT molecular complexity index is 2110. The van der Waals surface area contributed by atoms with Gasteiger partial charge in [-0.1, -0.05) is 152 Å². The standard InChI is InChI=1S/C42H31NSSi/c1-4-12-35(13-5-1)45(36-14-6-2-7-15-36,37-16-8-3-9-17-37)38-27-22-32(23-28-38)31-20-24-33(25-21-31)43-34-26-29-40-39-18-10-11-19-41(39)44-42(40)30-34/h1-30,43H. The number of hydrogen-bond donors (Lipinski definition) is 1. The Labute approximate surface area is 269 Å². The average Bonchev–Trinajstić information content (AvgIpc) is 3.49. The van der Waals surface area contributed by atoms with Gasteiger partial charge in [-0.15, -0.1) is 11.3 Å². The molecule has 0 spiro atoms. The van der Waals surface area contributed by atoms with Crippen molar-refractivity contribution in [3.8, 4) is 11.1 Å². The molecule has 8 aromatic rings. The van der Waals surface area contributed by atoms with Gasteiger partial charge in [-0.25, -0.2) is 0 Å². The quantitative estimate of drug-likeness (QED) is 0.141. The SMILES string of the molecule is c1ccc([Si](c2ccccc2)(c2ccccc2)c2ccc(-c3ccc(Nc4ccc5c(c4)sc4ccccc45)cc3)cc2)cc1. The van der Waals surface area contributed by atoms with E-state index in [1.807, 2.05) is 11.3 Å². The van der Waals surface area contributed by atoms with Gasteiger partial charge in [0.1, 0.15) is 0 Å². The Kier molecular flexibility index (Phi) is 7.11. The van der Waals surface area contributed by atoms with Gasteiger partial charge in [0.25, 0.3) is 0 Å². The molecule has 0 radical (unpaired) electrons. The van der Waals surface area contributed by atoms with Crippen molar-refractivity contribution in [1.29, 1.82) is 0 Å². The van der Waals surface area contributed by atoms with Gasteiger partial charge < -0.3 is 5.32 Å². The molecule has 0 saturated heterocycles. The van der Waals surface area contributed by atoms with E-state index < -0.39 is 8.07 Å². The number of thiophene rings is 1. The van der Waals surface area contributed by atoms with Gasteiger partial charge in [0.15, 0.2) is 8.07 Å². The third-order valence-corrected chi connectivity index (χ3v) is 14.8. The second-order valence-corrected chi connectivity index (χ2v) is 16.3. The molecule has 0 saturated carbocycles. The molecule has 1 aromatic heterocycles. The van der Waals surface area contributed by atoms with Crippen molar-refractivity contribution < 1.29 is 0 Å². The Balaban J connectivity index is 1.12. The molecule has 1 heterocycles. The Hall–Kier alpha value is -5.22. The van der Waals surface area contributed by atoms with Crippen molar-refractivity contribution >= 4 is 71.7 Å². The monoisotopic (exact) mass is 609 g/mol. The molecular formula is C42H31NSSi. The zero-order valence-corrected chi connectivity index (χ0v) is 26.5. The maximum Gasteiger partial charge on any atom is 0.179 e. The summed E-state index contributed by atoms with van der Waals surface area (Å²) in [5.41, 5.74) is 4.61. The van der Waals surface area contributed by atoms with Crippen LogP contribution in [0.5, 0.6) is 0 Å². The summed E-state index contributed by atoms with van der Waals surface area (Å²) in [5.74, 6) is 0. The second kappa shape index (κ2) is 11.7. The number of fused-ring (bicyclic) bond motifs is 3. The molecule has 0 fully saturated rings. The van der Waals surface area contributed by atoms with E-state index in [-0.39, 0.29) is 0 Å². The first-order valence-electron chi connectivity index (χ1n) is 15.3. The molecular weight excluding hydrogens is 579 g/mol. The number of nitrogens with one attached hydrogen (secondary N) is 1. The fourth-order valence-corrected chi connectivity index (χ4v) is 12.6. The molecule has 0 aliphatic carbocycles. The zero-order chi connectivity index (χ0) is 30.1. The number of rotatable bonds is 7. The highest BCUT2D eigenvalue weighted by Gasteiger charge is 2.41. The van der Waals surface area contributed by atoms with Crippen LogP contribution in [0.25, 0.3) is 31.3 Å². The number of hydrogen-bond acceptors (Lipinski definition) is 2. The van der Waals surface area contributed by atoms with E-state index in [1.54, 1.807) is 0 Å². The Morgan fingerprint density at radius 1 is 0.356 bits per heavy atom. The predicted octanol–water partition coefficient (Wildman–Crippen LogP) is 8.84. The first-order valence-corrected chi connectivity index (χ1v) is 18.2. The maximum atomic E-state index is 3.61. The van der Waals surface area contributed by atoms with Crippen molar-refractivity contribution in [2.45, 2.75) is 0 Å². The third kappa shape index (κ3) is 4.97. The molecule has 0 bridgehead atoms. The molecule has 0 aliphatic heterocycles. The molecule has 45 heavy (non-hydrogen) atoms. The van der Waals surface area contributed by atoms with Crippen LogP contribution < -0.4 is 26.1 Å². The summed E-state index contributed by atoms with van der Waals surface area (Å²) in [6.07, 6.45) is 0. The lowest BCUT2D eigenvalue weighted by Gasteiger charge is -2.34. The lowest BCUT2D eigenvalue weighted by atomic mass is 10.1. The summed E-state index contributed by atoms with van der Waals surface area (Å²) in [6.45, 7) is 0. The minimum Gasteiger partial charge on any atom is -0.355 e. The van der Waals surface area contributed by atoms with Crippen LogP contribution in [0.3, 0.4) is 0 Å². The van der Waals surface area contributed by atoms with Crippen LogP contribution in [0.4, 0.5) is 11.4 Å². The number of anilines is 2. The van der Waals surface area contributed by atoms with Crippen LogP contribution in [-0.4, -0.2) is 8.07 Å². The molecule has 0 atom stereocenters. The summed E-state index contributed by atoms with van der Waals surface area (Å²) in [4.78, 5) is 0. The van der Waals surface area contributed by atoms with Gasteiger partial charge in [-0.2, -0.15) is 0 Å². The summed E-state index contributed by atoms with van der Waals surface area (Å²) in [7, 11) is -2.52. The van der Waals surface area contributed by atoms with Crippen LogP contribution in [0.1, 0.15) is 0 Å². The second-order valence-electron chi connectivity index (χ2n) is 11.4. The van der Waals surface area contributed by atoms with E-state index >= 15 is 0 Å². The fourth-order valence-electron chi connectivity index (χ4n) is 6.69. The molecule has 0 amide bonds. The van der Waals surface area contributed by atoms with Gasteiger partial charge in [0.2, 0.25) is 0 Å². The summed E-state index contributed by atoms with van der Waals surface area (Å²) in [5, 5.41) is 11.8. The van der Waals surface area contributed by atoms with Crippen LogP contribution in [-0.2, 0) is 0 Å². The molecule has 7 aromatic carbocycles. The van der Waals surface area contributed by atoms with E-state index in [2.05, 4.69) is 187 Å². The van der Waals surface area contributed by atoms with Crippen molar-refractivity contribution in [3.05, 3.63) is 182 Å². The first kappa shape index (κ1) is 27.3. The summed E-state index contributed by atoms with van der Waals surface area (Å²) in [6, 6.07) is 66.6. The normalized spacial score (nSPS) is 11.6. The van der Waals surface area contributed by atoms with Crippen LogP contribution in [0, 0.1) is 0 Å². The molecule has 0 aliphatic rings. The summed E-state index contributed by atoms with van der Waals surface area (Å²) < 4.78 is 2.63. The molecule has 1 N–H and O–H groups in total. The van der Waals surface area contributed by atoms with Crippen molar-refractivity contribution in [3.63, 3.8) is 0 Å². The van der Waals surface area contributed by atoms with Gasteiger partial charge in [-0.3, -0.25) is 0 Å². The fraction of sp³-hybridized carbons (Fsp3) is 0. The molecule has 8 rings (SSSR count). The van der Waals surface area contributed by atoms with Crippen molar-refractivity contribution in [2.75, 3.05) is 5.32 Å². The molecule has 0 unspecified atom stereocenters. The van der Waals surface area contributed by atoms with Crippen molar-refractivity contribution in [2.24, 2.45) is 0 Å². The minimum absolute atomic E-state index is 1.08. The molecule has 214 valence electrons. The highest BCUT2D eigenvalue weighted by Crippen LogP contribution is 2.35. The van der Waals surface area contributed by atoms with E-state index in [0.717, 1.165) is 11.4 Å². The van der Waals surface area contributed by atoms with Gasteiger partial charge in [0.05, 0.1) is 0 Å². The van der Waals surface area contributed by atoms with Crippen molar-refractivity contribution in [1.82, 2.24) is 0 Å². The number of benzene rings is 7. The van der Waals surface area contributed by atoms with E-state index in [1.165, 1.54) is 52.0 Å². The van der Waals surface area contributed by atoms with Gasteiger partial charge in [0, 0.05) is 31.5 Å². The zero-order valence-electron chi connectivity index (χ0n) is 24.7. The summed E-state index contributed by atoms with van der Waals surface area (Å²) >= 11 is 1.85. The Morgan fingerprint density at radius 2 is 0.800 bits per heavy atom. The van der Waals surface area contributed by atoms with E-state index in [9.17, 15) is 0 Å². The minimum atomic E-state index is -2.52. The predicted molar refractivity (Wildman–Crippen MR) is 198 cm³/mol.